The van der Waals surface area contributed by atoms with Gasteiger partial charge in [0.25, 0.3) is 0 Å². The number of nitrogens with one attached hydrogen (secondary N) is 1. The lowest BCUT2D eigenvalue weighted by molar-refractivity contribution is -0.167. The average molecular weight is 299 g/mol. The van der Waals surface area contributed by atoms with Crippen molar-refractivity contribution in [2.24, 2.45) is 0 Å². The van der Waals surface area contributed by atoms with Gasteiger partial charge in [0, 0.05) is 6.07 Å². The summed E-state index contributed by atoms with van der Waals surface area (Å²) in [6, 6.07) is 3.41. The van der Waals surface area contributed by atoms with Crippen molar-refractivity contribution in [2.45, 2.75) is 13.1 Å². The van der Waals surface area contributed by atoms with Gasteiger partial charge in [0.1, 0.15) is 5.76 Å². The number of aldehydes is 1. The Balaban J connectivity index is 2.64. The van der Waals surface area contributed by atoms with Crippen LogP contribution in [0.1, 0.15) is 16.1 Å². The molecule has 0 aliphatic rings. The molecular weight excluding hydrogens is 291 g/mol. The van der Waals surface area contributed by atoms with Gasteiger partial charge in [0.2, 0.25) is 0 Å². The molecule has 0 atom stereocenters. The quantitative estimate of drug-likeness (QED) is 0.864. The van der Waals surface area contributed by atoms with Crippen molar-refractivity contribution < 1.29 is 27.2 Å². The first kappa shape index (κ1) is 14.8. The molecule has 1 amide bonds. The molecule has 0 aliphatic carbocycles. The molecule has 0 unspecified atom stereocenters. The molecule has 0 bridgehead atoms. The number of rotatable bonds is 2. The maximum Gasteiger partial charge on any atom is 0.471 e. The molecule has 0 radical (unpaired) electrons. The number of benzene rings is 1. The molecule has 0 saturated carbocycles. The number of hydrogen-bond donors (Lipinski definition) is 1. The van der Waals surface area contributed by atoms with Crippen LogP contribution in [0, 0.1) is 6.92 Å². The summed E-state index contributed by atoms with van der Waals surface area (Å²) < 4.78 is 41.9. The molecule has 110 valence electrons. The van der Waals surface area contributed by atoms with Crippen molar-refractivity contribution in [3.8, 4) is 0 Å². The van der Waals surface area contributed by atoms with E-state index < -0.39 is 17.5 Å². The fourth-order valence-corrected chi connectivity index (χ4v) is 1.78. The summed E-state index contributed by atoms with van der Waals surface area (Å²) in [5.41, 5.74) is -1.32. The molecule has 0 fully saturated rings. The predicted molar refractivity (Wildman–Crippen MR) is 67.3 cm³/mol. The van der Waals surface area contributed by atoms with E-state index in [0.29, 0.717) is 0 Å². The standard InChI is InChI=1S/C13H8F3NO4/c1-6-4-10(19)7-2-3-9(8(5-18)11(7)21-6)17-12(20)13(14,15)16/h2-5H,1H3,(H,17,20). The van der Waals surface area contributed by atoms with Gasteiger partial charge >= 0.3 is 12.1 Å². The average Bonchev–Trinajstić information content (AvgIpc) is 2.36. The lowest BCUT2D eigenvalue weighted by Crippen LogP contribution is -2.30. The fourth-order valence-electron chi connectivity index (χ4n) is 1.78. The van der Waals surface area contributed by atoms with Gasteiger partial charge < -0.3 is 9.73 Å². The van der Waals surface area contributed by atoms with Crippen LogP contribution in [-0.4, -0.2) is 18.4 Å². The van der Waals surface area contributed by atoms with Crippen LogP contribution >= 0.6 is 0 Å². The Bertz CT molecular complexity index is 792. The van der Waals surface area contributed by atoms with Gasteiger partial charge in [-0.3, -0.25) is 14.4 Å². The molecule has 8 heteroatoms. The minimum absolute atomic E-state index is 0.0349. The van der Waals surface area contributed by atoms with E-state index in [4.69, 9.17) is 4.42 Å². The van der Waals surface area contributed by atoms with Crippen molar-refractivity contribution in [2.75, 3.05) is 5.32 Å². The van der Waals surface area contributed by atoms with Gasteiger partial charge in [-0.05, 0) is 19.1 Å². The summed E-state index contributed by atoms with van der Waals surface area (Å²) in [5.74, 6) is -2.03. The van der Waals surface area contributed by atoms with E-state index in [1.54, 1.807) is 5.32 Å². The molecule has 2 rings (SSSR count). The van der Waals surface area contributed by atoms with E-state index >= 15 is 0 Å². The highest BCUT2D eigenvalue weighted by atomic mass is 19.4. The summed E-state index contributed by atoms with van der Waals surface area (Å²) in [7, 11) is 0. The molecule has 5 nitrogen and oxygen atoms in total. The molecular formula is C13H8F3NO4. The highest BCUT2D eigenvalue weighted by Gasteiger charge is 2.39. The van der Waals surface area contributed by atoms with Gasteiger partial charge in [0.15, 0.2) is 17.3 Å². The smallest absolute Gasteiger partial charge is 0.460 e. The monoisotopic (exact) mass is 299 g/mol. The van der Waals surface area contributed by atoms with E-state index in [2.05, 4.69) is 0 Å². The van der Waals surface area contributed by atoms with Gasteiger partial charge in [-0.2, -0.15) is 13.2 Å². The summed E-state index contributed by atoms with van der Waals surface area (Å²) in [6.45, 7) is 1.45. The number of alkyl halides is 3. The number of anilines is 1. The molecule has 0 spiro atoms. The maximum atomic E-state index is 12.2. The molecule has 0 saturated heterocycles. The van der Waals surface area contributed by atoms with E-state index in [1.807, 2.05) is 0 Å². The Morgan fingerprint density at radius 2 is 2.00 bits per heavy atom. The normalized spacial score (nSPS) is 11.4. The van der Waals surface area contributed by atoms with Crippen molar-refractivity contribution in [1.82, 2.24) is 0 Å². The first-order chi connectivity index (χ1) is 9.74. The number of fused-ring (bicyclic) bond motifs is 1. The summed E-state index contributed by atoms with van der Waals surface area (Å²) in [6.07, 6.45) is -4.88. The van der Waals surface area contributed by atoms with Crippen LogP contribution in [0.5, 0.6) is 0 Å². The number of halogens is 3. The van der Waals surface area contributed by atoms with Crippen LogP contribution in [0.2, 0.25) is 0 Å². The lowest BCUT2D eigenvalue weighted by atomic mass is 10.1. The van der Waals surface area contributed by atoms with Crippen LogP contribution in [0.4, 0.5) is 18.9 Å². The zero-order valence-corrected chi connectivity index (χ0v) is 10.6. The van der Waals surface area contributed by atoms with Crippen LogP contribution in [-0.2, 0) is 4.79 Å². The largest absolute Gasteiger partial charge is 0.471 e. The molecule has 21 heavy (non-hydrogen) atoms. The van der Waals surface area contributed by atoms with Gasteiger partial charge in [-0.15, -0.1) is 0 Å². The molecule has 1 aromatic heterocycles. The molecule has 1 N–H and O–H groups in total. The van der Waals surface area contributed by atoms with E-state index in [-0.39, 0.29) is 34.3 Å². The Hall–Kier alpha value is -2.64. The van der Waals surface area contributed by atoms with E-state index in [0.717, 1.165) is 6.07 Å². The lowest BCUT2D eigenvalue weighted by Gasteiger charge is -2.11. The Labute approximate surface area is 115 Å². The summed E-state index contributed by atoms with van der Waals surface area (Å²) in [4.78, 5) is 33.7. The van der Waals surface area contributed by atoms with Crippen LogP contribution in [0.25, 0.3) is 11.0 Å². The third-order valence-electron chi connectivity index (χ3n) is 2.68. The minimum Gasteiger partial charge on any atom is -0.460 e. The fraction of sp³-hybridized carbons (Fsp3) is 0.154. The Kier molecular flexibility index (Phi) is 3.54. The van der Waals surface area contributed by atoms with Crippen LogP contribution in [0.3, 0.4) is 0 Å². The second-order valence-electron chi connectivity index (χ2n) is 4.19. The molecule has 1 heterocycles. The van der Waals surface area contributed by atoms with Crippen molar-refractivity contribution in [3.63, 3.8) is 0 Å². The number of carbonyl (C=O) groups is 2. The van der Waals surface area contributed by atoms with Crippen molar-refractivity contribution >= 4 is 28.8 Å². The summed E-state index contributed by atoms with van der Waals surface area (Å²) in [5, 5.41) is 1.61. The second-order valence-corrected chi connectivity index (χ2v) is 4.19. The van der Waals surface area contributed by atoms with Crippen molar-refractivity contribution in [3.05, 3.63) is 39.7 Å². The predicted octanol–water partition coefficient (Wildman–Crippen LogP) is 2.41. The van der Waals surface area contributed by atoms with Gasteiger partial charge in [-0.1, -0.05) is 0 Å². The first-order valence-electron chi connectivity index (χ1n) is 5.65. The Morgan fingerprint density at radius 1 is 1.33 bits per heavy atom. The molecule has 0 aliphatic heterocycles. The van der Waals surface area contributed by atoms with Crippen LogP contribution < -0.4 is 10.7 Å². The Morgan fingerprint density at radius 3 is 2.57 bits per heavy atom. The van der Waals surface area contributed by atoms with Gasteiger partial charge in [-0.25, -0.2) is 0 Å². The second kappa shape index (κ2) is 5.04. The number of aryl methyl sites for hydroxylation is 1. The molecule has 1 aromatic carbocycles. The minimum atomic E-state index is -5.09. The third kappa shape index (κ3) is 2.78. The SMILES string of the molecule is Cc1cc(=O)c2ccc(NC(=O)C(F)(F)F)c(C=O)c2o1. The first-order valence-corrected chi connectivity index (χ1v) is 5.65. The van der Waals surface area contributed by atoms with E-state index in [9.17, 15) is 27.6 Å². The van der Waals surface area contributed by atoms with Crippen LogP contribution in [0.15, 0.2) is 27.4 Å². The topological polar surface area (TPSA) is 76.4 Å². The number of hydrogen-bond acceptors (Lipinski definition) is 4. The number of amides is 1. The third-order valence-corrected chi connectivity index (χ3v) is 2.68. The number of carbonyl (C=O) groups excluding carboxylic acids is 2. The van der Waals surface area contributed by atoms with Gasteiger partial charge in [0.05, 0.1) is 16.6 Å². The van der Waals surface area contributed by atoms with Crippen molar-refractivity contribution in [1.29, 1.82) is 0 Å². The zero-order chi connectivity index (χ0) is 15.8. The highest BCUT2D eigenvalue weighted by molar-refractivity contribution is 6.05. The highest BCUT2D eigenvalue weighted by Crippen LogP contribution is 2.26. The molecule has 2 aromatic rings. The maximum absolute atomic E-state index is 12.2. The summed E-state index contributed by atoms with van der Waals surface area (Å²) >= 11 is 0. The zero-order valence-electron chi connectivity index (χ0n) is 10.6. The van der Waals surface area contributed by atoms with E-state index in [1.165, 1.54) is 19.1 Å².